The topological polar surface area (TPSA) is 69.4 Å². The summed E-state index contributed by atoms with van der Waals surface area (Å²) in [5.74, 6) is -0.321. The second kappa shape index (κ2) is 10.5. The summed E-state index contributed by atoms with van der Waals surface area (Å²) in [6, 6.07) is 0. The third-order valence-corrected chi connectivity index (χ3v) is 2.36. The van der Waals surface area contributed by atoms with E-state index >= 15 is 0 Å². The molecule has 0 spiro atoms. The van der Waals surface area contributed by atoms with Crippen LogP contribution < -0.4 is 5.73 Å². The SMILES string of the molecule is CCOC(=O)CCCCCCCCC(N)=O. The summed E-state index contributed by atoms with van der Waals surface area (Å²) in [6.07, 6.45) is 7.10. The Labute approximate surface area is 97.5 Å². The predicted octanol–water partition coefficient (Wildman–Crippen LogP) is 2.16. The third kappa shape index (κ3) is 11.0. The molecule has 0 aromatic carbocycles. The maximum atomic E-state index is 11.0. The van der Waals surface area contributed by atoms with Crippen LogP contribution in [-0.2, 0) is 14.3 Å². The van der Waals surface area contributed by atoms with Gasteiger partial charge in [-0.15, -0.1) is 0 Å². The minimum atomic E-state index is -0.220. The van der Waals surface area contributed by atoms with Gasteiger partial charge in [0.05, 0.1) is 6.61 Å². The van der Waals surface area contributed by atoms with E-state index in [2.05, 4.69) is 0 Å². The van der Waals surface area contributed by atoms with Crippen molar-refractivity contribution in [2.24, 2.45) is 5.73 Å². The zero-order valence-electron chi connectivity index (χ0n) is 10.2. The molecule has 4 heteroatoms. The number of hydrogen-bond donors (Lipinski definition) is 1. The Kier molecular flexibility index (Phi) is 9.76. The first kappa shape index (κ1) is 14.9. The van der Waals surface area contributed by atoms with Crippen LogP contribution in [0, 0.1) is 0 Å². The second-order valence-electron chi connectivity index (χ2n) is 3.89. The van der Waals surface area contributed by atoms with E-state index in [9.17, 15) is 9.59 Å². The summed E-state index contributed by atoms with van der Waals surface area (Å²) in [5.41, 5.74) is 5.03. The fourth-order valence-corrected chi connectivity index (χ4v) is 1.51. The molecule has 0 fully saturated rings. The molecule has 0 rings (SSSR count). The van der Waals surface area contributed by atoms with Gasteiger partial charge in [-0.3, -0.25) is 9.59 Å². The van der Waals surface area contributed by atoms with Crippen molar-refractivity contribution in [1.29, 1.82) is 0 Å². The Bertz CT molecular complexity index is 204. The summed E-state index contributed by atoms with van der Waals surface area (Å²) in [4.78, 5) is 21.4. The molecule has 0 aromatic heterocycles. The van der Waals surface area contributed by atoms with Crippen LogP contribution in [0.3, 0.4) is 0 Å². The number of esters is 1. The highest BCUT2D eigenvalue weighted by atomic mass is 16.5. The zero-order valence-corrected chi connectivity index (χ0v) is 10.2. The van der Waals surface area contributed by atoms with Gasteiger partial charge in [-0.2, -0.15) is 0 Å². The summed E-state index contributed by atoms with van der Waals surface area (Å²) >= 11 is 0. The van der Waals surface area contributed by atoms with E-state index < -0.39 is 0 Å². The number of carbonyl (C=O) groups excluding carboxylic acids is 2. The number of carbonyl (C=O) groups is 2. The van der Waals surface area contributed by atoms with Crippen molar-refractivity contribution in [3.63, 3.8) is 0 Å². The average molecular weight is 229 g/mol. The quantitative estimate of drug-likeness (QED) is 0.461. The van der Waals surface area contributed by atoms with Gasteiger partial charge < -0.3 is 10.5 Å². The Balaban J connectivity index is 3.09. The molecule has 0 atom stereocenters. The normalized spacial score (nSPS) is 10.1. The standard InChI is InChI=1S/C12H23NO3/c1-2-16-12(15)10-8-6-4-3-5-7-9-11(13)14/h2-10H2,1H3,(H2,13,14). The van der Waals surface area contributed by atoms with E-state index in [1.807, 2.05) is 6.92 Å². The molecular formula is C12H23NO3. The van der Waals surface area contributed by atoms with Crippen LogP contribution in [0.5, 0.6) is 0 Å². The molecule has 94 valence electrons. The number of ether oxygens (including phenoxy) is 1. The van der Waals surface area contributed by atoms with Crippen molar-refractivity contribution in [2.75, 3.05) is 6.61 Å². The van der Waals surface area contributed by atoms with Gasteiger partial charge in [-0.1, -0.05) is 25.7 Å². The van der Waals surface area contributed by atoms with Crippen molar-refractivity contribution in [2.45, 2.75) is 58.3 Å². The molecule has 16 heavy (non-hydrogen) atoms. The van der Waals surface area contributed by atoms with E-state index in [4.69, 9.17) is 10.5 Å². The van der Waals surface area contributed by atoms with Crippen LogP contribution in [0.4, 0.5) is 0 Å². The lowest BCUT2D eigenvalue weighted by Crippen LogP contribution is -2.09. The maximum absolute atomic E-state index is 11.0. The first-order valence-corrected chi connectivity index (χ1v) is 6.10. The summed E-state index contributed by atoms with van der Waals surface area (Å²) < 4.78 is 4.82. The van der Waals surface area contributed by atoms with Gasteiger partial charge in [-0.25, -0.2) is 0 Å². The lowest BCUT2D eigenvalue weighted by atomic mass is 10.1. The van der Waals surface area contributed by atoms with E-state index in [1.54, 1.807) is 0 Å². The van der Waals surface area contributed by atoms with Crippen LogP contribution >= 0.6 is 0 Å². The second-order valence-corrected chi connectivity index (χ2v) is 3.89. The molecule has 0 saturated carbocycles. The van der Waals surface area contributed by atoms with Crippen molar-refractivity contribution in [3.8, 4) is 0 Å². The van der Waals surface area contributed by atoms with Crippen molar-refractivity contribution in [3.05, 3.63) is 0 Å². The van der Waals surface area contributed by atoms with Crippen LogP contribution in [0.25, 0.3) is 0 Å². The number of primary amides is 1. The Morgan fingerprint density at radius 3 is 1.94 bits per heavy atom. The van der Waals surface area contributed by atoms with Crippen LogP contribution in [0.15, 0.2) is 0 Å². The predicted molar refractivity (Wildman–Crippen MR) is 62.8 cm³/mol. The molecule has 0 aromatic rings. The highest BCUT2D eigenvalue weighted by molar-refractivity contribution is 5.73. The van der Waals surface area contributed by atoms with E-state index in [1.165, 1.54) is 0 Å². The number of rotatable bonds is 10. The monoisotopic (exact) mass is 229 g/mol. The molecule has 0 bridgehead atoms. The lowest BCUT2D eigenvalue weighted by molar-refractivity contribution is -0.143. The largest absolute Gasteiger partial charge is 0.466 e. The molecular weight excluding hydrogens is 206 g/mol. The molecule has 0 unspecified atom stereocenters. The molecule has 0 aliphatic rings. The van der Waals surface area contributed by atoms with Gasteiger partial charge in [0.25, 0.3) is 0 Å². The van der Waals surface area contributed by atoms with Gasteiger partial charge in [0, 0.05) is 12.8 Å². The zero-order chi connectivity index (χ0) is 12.2. The molecule has 2 N–H and O–H groups in total. The fourth-order valence-electron chi connectivity index (χ4n) is 1.51. The van der Waals surface area contributed by atoms with Crippen molar-refractivity contribution >= 4 is 11.9 Å². The first-order chi connectivity index (χ1) is 7.66. The summed E-state index contributed by atoms with van der Waals surface area (Å²) in [7, 11) is 0. The van der Waals surface area contributed by atoms with Crippen LogP contribution in [0.2, 0.25) is 0 Å². The molecule has 1 amide bonds. The highest BCUT2D eigenvalue weighted by Crippen LogP contribution is 2.08. The number of nitrogens with two attached hydrogens (primary N) is 1. The number of hydrogen-bond acceptors (Lipinski definition) is 3. The molecule has 0 aliphatic carbocycles. The summed E-state index contributed by atoms with van der Waals surface area (Å²) in [5, 5.41) is 0. The Morgan fingerprint density at radius 2 is 1.44 bits per heavy atom. The highest BCUT2D eigenvalue weighted by Gasteiger charge is 2.00. The van der Waals surface area contributed by atoms with Crippen LogP contribution in [-0.4, -0.2) is 18.5 Å². The minimum absolute atomic E-state index is 0.101. The Morgan fingerprint density at radius 1 is 0.938 bits per heavy atom. The summed E-state index contributed by atoms with van der Waals surface area (Å²) in [6.45, 7) is 2.28. The van der Waals surface area contributed by atoms with E-state index in [0.717, 1.165) is 38.5 Å². The first-order valence-electron chi connectivity index (χ1n) is 6.10. The van der Waals surface area contributed by atoms with Crippen molar-refractivity contribution < 1.29 is 14.3 Å². The lowest BCUT2D eigenvalue weighted by Gasteiger charge is -2.02. The van der Waals surface area contributed by atoms with Gasteiger partial charge in [0.2, 0.25) is 5.91 Å². The minimum Gasteiger partial charge on any atom is -0.466 e. The Hall–Kier alpha value is -1.06. The van der Waals surface area contributed by atoms with Gasteiger partial charge in [0.15, 0.2) is 0 Å². The van der Waals surface area contributed by atoms with E-state index in [0.29, 0.717) is 19.4 Å². The van der Waals surface area contributed by atoms with Gasteiger partial charge >= 0.3 is 5.97 Å². The molecule has 0 radical (unpaired) electrons. The fraction of sp³-hybridized carbons (Fsp3) is 0.833. The third-order valence-electron chi connectivity index (χ3n) is 2.36. The molecule has 0 heterocycles. The average Bonchev–Trinajstić information content (AvgIpc) is 2.22. The number of unbranched alkanes of at least 4 members (excludes halogenated alkanes) is 5. The maximum Gasteiger partial charge on any atom is 0.305 e. The molecule has 0 aliphatic heterocycles. The number of amides is 1. The van der Waals surface area contributed by atoms with Gasteiger partial charge in [0.1, 0.15) is 0 Å². The van der Waals surface area contributed by atoms with E-state index in [-0.39, 0.29) is 11.9 Å². The van der Waals surface area contributed by atoms with Crippen molar-refractivity contribution in [1.82, 2.24) is 0 Å². The smallest absolute Gasteiger partial charge is 0.305 e. The van der Waals surface area contributed by atoms with Gasteiger partial charge in [-0.05, 0) is 19.8 Å². The molecule has 4 nitrogen and oxygen atoms in total. The van der Waals surface area contributed by atoms with Crippen LogP contribution in [0.1, 0.15) is 58.3 Å². The molecule has 0 saturated heterocycles.